The Morgan fingerprint density at radius 3 is 2.47 bits per heavy atom. The van der Waals surface area contributed by atoms with Gasteiger partial charge in [-0.15, -0.1) is 33.4 Å². The Balaban J connectivity index is 0.00000289. The molecule has 9 nitrogen and oxygen atoms in total. The topological polar surface area (TPSA) is 91.1 Å². The van der Waals surface area contributed by atoms with Gasteiger partial charge in [-0.05, 0) is 12.0 Å². The van der Waals surface area contributed by atoms with Crippen molar-refractivity contribution in [1.29, 1.82) is 0 Å². The summed E-state index contributed by atoms with van der Waals surface area (Å²) in [6.45, 7) is 3.01. The van der Waals surface area contributed by atoms with Crippen LogP contribution in [0.25, 0.3) is 22.4 Å². The van der Waals surface area contributed by atoms with E-state index in [4.69, 9.17) is 0 Å². The van der Waals surface area contributed by atoms with Crippen LogP contribution in [-0.4, -0.2) is 23.3 Å². The van der Waals surface area contributed by atoms with Gasteiger partial charge in [0.25, 0.3) is 5.56 Å². The van der Waals surface area contributed by atoms with Crippen LogP contribution in [0.2, 0.25) is 0 Å². The Morgan fingerprint density at radius 1 is 1.06 bits per heavy atom. The molecular formula is C21H26BrN7O2S. The first-order valence-corrected chi connectivity index (χ1v) is 11.0. The van der Waals surface area contributed by atoms with Crippen molar-refractivity contribution in [3.05, 3.63) is 61.4 Å². The third-order valence-corrected chi connectivity index (χ3v) is 6.19. The number of benzene rings is 1. The van der Waals surface area contributed by atoms with Gasteiger partial charge in [0.05, 0.1) is 5.69 Å². The summed E-state index contributed by atoms with van der Waals surface area (Å²) in [4.78, 5) is 30.0. The number of rotatable bonds is 6. The van der Waals surface area contributed by atoms with Crippen molar-refractivity contribution in [3.8, 4) is 11.3 Å². The number of hydrogen-bond donors (Lipinski definition) is 1. The van der Waals surface area contributed by atoms with Gasteiger partial charge in [-0.2, -0.15) is 4.98 Å². The molecule has 0 aliphatic carbocycles. The number of thiazole rings is 1. The molecule has 170 valence electrons. The van der Waals surface area contributed by atoms with Crippen molar-refractivity contribution in [3.63, 3.8) is 0 Å². The normalized spacial score (nSPS) is 11.7. The number of unbranched alkanes of at least 4 members (excludes halogenated alkanes) is 1. The first-order valence-electron chi connectivity index (χ1n) is 10.1. The Morgan fingerprint density at radius 2 is 1.78 bits per heavy atom. The van der Waals surface area contributed by atoms with Gasteiger partial charge in [0.1, 0.15) is 0 Å². The standard InChI is InChI=1S/C21H25N7O2S.BrH/c1-5-6-12-28-15(14-10-8-7-9-11-14)13-31-20(28)24-23-19-22-17-16(25(19)2)18(29)27(4)21(30)26(17)3;/h7-11,13H,5-6,12H2,1-4H3,(H,22,23);1H/b24-20-;. The van der Waals surface area contributed by atoms with E-state index in [1.54, 1.807) is 30.0 Å². The maximum Gasteiger partial charge on any atom is 0.332 e. The van der Waals surface area contributed by atoms with E-state index in [-0.39, 0.29) is 22.5 Å². The summed E-state index contributed by atoms with van der Waals surface area (Å²) < 4.78 is 6.26. The molecule has 1 N–H and O–H groups in total. The third-order valence-electron chi connectivity index (χ3n) is 5.33. The molecule has 0 fully saturated rings. The first kappa shape index (κ1) is 23.7. The largest absolute Gasteiger partial charge is 0.332 e. The molecule has 0 amide bonds. The summed E-state index contributed by atoms with van der Waals surface area (Å²) in [6.07, 6.45) is 2.11. The predicted molar refractivity (Wildman–Crippen MR) is 133 cm³/mol. The van der Waals surface area contributed by atoms with Gasteiger partial charge in [-0.25, -0.2) is 10.2 Å². The molecule has 0 atom stereocenters. The van der Waals surface area contributed by atoms with Crippen molar-refractivity contribution >= 4 is 45.4 Å². The van der Waals surface area contributed by atoms with E-state index >= 15 is 0 Å². The van der Waals surface area contributed by atoms with Crippen molar-refractivity contribution in [2.45, 2.75) is 26.3 Å². The molecule has 1 aromatic carbocycles. The van der Waals surface area contributed by atoms with E-state index in [1.165, 1.54) is 11.6 Å². The molecule has 0 bridgehead atoms. The minimum Gasteiger partial charge on any atom is -0.315 e. The SMILES string of the molecule is Br.CCCCn1c(-c2ccccc2)cs/c1=N\Nc1nc2c(c(=O)n(C)c(=O)n2C)n1C. The lowest BCUT2D eigenvalue weighted by atomic mass is 10.2. The molecule has 4 rings (SSSR count). The minimum absolute atomic E-state index is 0. The van der Waals surface area contributed by atoms with E-state index in [1.807, 2.05) is 18.2 Å². The summed E-state index contributed by atoms with van der Waals surface area (Å²) in [5.41, 5.74) is 5.11. The monoisotopic (exact) mass is 519 g/mol. The fourth-order valence-corrected chi connectivity index (χ4v) is 4.40. The molecule has 3 heterocycles. The number of fused-ring (bicyclic) bond motifs is 1. The Labute approximate surface area is 199 Å². The molecule has 0 aliphatic rings. The van der Waals surface area contributed by atoms with Crippen LogP contribution in [0.3, 0.4) is 0 Å². The summed E-state index contributed by atoms with van der Waals surface area (Å²) in [5, 5.41) is 6.68. The van der Waals surface area contributed by atoms with Crippen LogP contribution in [0.5, 0.6) is 0 Å². The van der Waals surface area contributed by atoms with Crippen LogP contribution in [0.4, 0.5) is 5.95 Å². The highest BCUT2D eigenvalue weighted by Crippen LogP contribution is 2.20. The predicted octanol–water partition coefficient (Wildman–Crippen LogP) is 2.81. The van der Waals surface area contributed by atoms with Crippen LogP contribution in [0.15, 0.2) is 50.4 Å². The van der Waals surface area contributed by atoms with Crippen LogP contribution in [-0.2, 0) is 27.7 Å². The minimum atomic E-state index is -0.415. The van der Waals surface area contributed by atoms with Crippen molar-refractivity contribution in [1.82, 2.24) is 23.3 Å². The van der Waals surface area contributed by atoms with E-state index < -0.39 is 5.69 Å². The second-order valence-corrected chi connectivity index (χ2v) is 8.21. The van der Waals surface area contributed by atoms with Crippen LogP contribution in [0.1, 0.15) is 19.8 Å². The van der Waals surface area contributed by atoms with Crippen molar-refractivity contribution < 1.29 is 0 Å². The number of nitrogens with one attached hydrogen (secondary N) is 1. The number of nitrogens with zero attached hydrogens (tertiary/aromatic N) is 6. The number of aryl methyl sites for hydroxylation is 2. The summed E-state index contributed by atoms with van der Waals surface area (Å²) in [5.74, 6) is 0.394. The first-order chi connectivity index (χ1) is 14.9. The molecule has 4 aromatic rings. The maximum atomic E-state index is 12.6. The van der Waals surface area contributed by atoms with Gasteiger partial charge in [-0.3, -0.25) is 13.9 Å². The number of hydrogen-bond acceptors (Lipinski definition) is 6. The molecule has 0 saturated carbocycles. The second kappa shape index (κ2) is 9.70. The number of aromatic nitrogens is 5. The molecule has 11 heteroatoms. The average molecular weight is 520 g/mol. The zero-order valence-corrected chi connectivity index (χ0v) is 20.9. The van der Waals surface area contributed by atoms with Gasteiger partial charge in [0, 0.05) is 33.1 Å². The van der Waals surface area contributed by atoms with E-state index in [2.05, 4.69) is 44.5 Å². The van der Waals surface area contributed by atoms with Gasteiger partial charge in [-0.1, -0.05) is 43.7 Å². The number of halogens is 1. The van der Waals surface area contributed by atoms with Crippen LogP contribution in [0, 0.1) is 0 Å². The zero-order chi connectivity index (χ0) is 22.1. The van der Waals surface area contributed by atoms with Crippen molar-refractivity contribution in [2.75, 3.05) is 5.43 Å². The quantitative estimate of drug-likeness (QED) is 0.396. The molecule has 0 spiro atoms. The molecule has 0 radical (unpaired) electrons. The molecule has 0 unspecified atom stereocenters. The van der Waals surface area contributed by atoms with Gasteiger partial charge >= 0.3 is 5.69 Å². The lowest BCUT2D eigenvalue weighted by Gasteiger charge is -2.08. The smallest absolute Gasteiger partial charge is 0.315 e. The maximum absolute atomic E-state index is 12.6. The highest BCUT2D eigenvalue weighted by Gasteiger charge is 2.17. The van der Waals surface area contributed by atoms with Crippen LogP contribution < -0.4 is 21.5 Å². The number of anilines is 1. The fraction of sp³-hybridized carbons (Fsp3) is 0.333. The van der Waals surface area contributed by atoms with Gasteiger partial charge in [0.2, 0.25) is 10.7 Å². The lowest BCUT2D eigenvalue weighted by molar-refractivity contribution is 0.622. The van der Waals surface area contributed by atoms with Gasteiger partial charge in [0.15, 0.2) is 11.2 Å². The molecular weight excluding hydrogens is 494 g/mol. The Hall–Kier alpha value is -2.92. The van der Waals surface area contributed by atoms with Gasteiger partial charge < -0.3 is 9.13 Å². The highest BCUT2D eigenvalue weighted by molar-refractivity contribution is 8.93. The lowest BCUT2D eigenvalue weighted by Crippen LogP contribution is -2.37. The average Bonchev–Trinajstić information content (AvgIpc) is 3.34. The third kappa shape index (κ3) is 4.09. The highest BCUT2D eigenvalue weighted by atomic mass is 79.9. The van der Waals surface area contributed by atoms with E-state index in [0.717, 1.165) is 40.0 Å². The van der Waals surface area contributed by atoms with Crippen molar-refractivity contribution in [2.24, 2.45) is 26.2 Å². The molecule has 32 heavy (non-hydrogen) atoms. The van der Waals surface area contributed by atoms with E-state index in [0.29, 0.717) is 17.1 Å². The number of imidazole rings is 1. The molecule has 0 saturated heterocycles. The molecule has 3 aromatic heterocycles. The van der Waals surface area contributed by atoms with E-state index in [9.17, 15) is 9.59 Å². The zero-order valence-electron chi connectivity index (χ0n) is 18.4. The second-order valence-electron chi connectivity index (χ2n) is 7.37. The summed E-state index contributed by atoms with van der Waals surface area (Å²) >= 11 is 1.54. The fourth-order valence-electron chi connectivity index (χ4n) is 3.51. The Kier molecular flexibility index (Phi) is 7.19. The molecule has 0 aliphatic heterocycles. The van der Waals surface area contributed by atoms with Crippen LogP contribution >= 0.6 is 28.3 Å². The Bertz CT molecular complexity index is 1430. The summed E-state index contributed by atoms with van der Waals surface area (Å²) in [7, 11) is 4.79. The summed E-state index contributed by atoms with van der Waals surface area (Å²) in [6, 6.07) is 10.2.